The van der Waals surface area contributed by atoms with Crippen LogP contribution in [0.2, 0.25) is 0 Å². The van der Waals surface area contributed by atoms with Crippen LogP contribution in [0.1, 0.15) is 0 Å². The Morgan fingerprint density at radius 3 is 1.79 bits per heavy atom. The molecule has 10 aromatic rings. The van der Waals surface area contributed by atoms with E-state index in [-0.39, 0.29) is 0 Å². The topological polar surface area (TPSA) is 29.5 Å². The third kappa shape index (κ3) is 4.00. The lowest BCUT2D eigenvalue weighted by atomic mass is 9.96. The first-order valence-electron chi connectivity index (χ1n) is 15.9. The van der Waals surface area contributed by atoms with E-state index in [4.69, 9.17) is 8.83 Å². The molecule has 8 aromatic carbocycles. The highest BCUT2D eigenvalue weighted by Crippen LogP contribution is 2.49. The number of furan rings is 2. The van der Waals surface area contributed by atoms with Gasteiger partial charge in [-0.05, 0) is 75.8 Å². The Hall–Kier alpha value is -6.32. The molecule has 0 amide bonds. The summed E-state index contributed by atoms with van der Waals surface area (Å²) >= 11 is 0. The average molecular weight is 602 g/mol. The van der Waals surface area contributed by atoms with Gasteiger partial charge in [-0.1, -0.05) is 115 Å². The van der Waals surface area contributed by atoms with E-state index < -0.39 is 0 Å². The third-order valence-electron chi connectivity index (χ3n) is 9.44. The molecule has 0 fully saturated rings. The van der Waals surface area contributed by atoms with Crippen LogP contribution in [0, 0.1) is 0 Å². The van der Waals surface area contributed by atoms with Crippen LogP contribution in [0.25, 0.3) is 76.5 Å². The standard InChI is InChI=1S/C44H27NO2/c1-2-10-28(11-3-1)29-18-21-31(22-19-29)45(32-23-25-41-38(26-32)34-14-6-8-16-39(34)46-41)44-35-24-20-30-12-4-5-13-33(30)37(35)27-42-43(44)36-15-7-9-17-40(36)47-42/h1-27H. The fourth-order valence-electron chi connectivity index (χ4n) is 7.26. The summed E-state index contributed by atoms with van der Waals surface area (Å²) in [7, 11) is 0. The molecule has 47 heavy (non-hydrogen) atoms. The van der Waals surface area contributed by atoms with E-state index in [1.54, 1.807) is 0 Å². The molecule has 0 atom stereocenters. The predicted molar refractivity (Wildman–Crippen MR) is 196 cm³/mol. The van der Waals surface area contributed by atoms with Crippen LogP contribution >= 0.6 is 0 Å². The van der Waals surface area contributed by atoms with Gasteiger partial charge in [-0.15, -0.1) is 0 Å². The molecule has 2 heterocycles. The first-order chi connectivity index (χ1) is 23.3. The van der Waals surface area contributed by atoms with Crippen molar-refractivity contribution in [2.75, 3.05) is 4.90 Å². The van der Waals surface area contributed by atoms with E-state index in [9.17, 15) is 0 Å². The molecule has 0 N–H and O–H groups in total. The summed E-state index contributed by atoms with van der Waals surface area (Å²) in [4.78, 5) is 2.40. The number of nitrogens with zero attached hydrogens (tertiary/aromatic N) is 1. The smallest absolute Gasteiger partial charge is 0.138 e. The molecule has 0 bridgehead atoms. The Morgan fingerprint density at radius 1 is 0.340 bits per heavy atom. The zero-order chi connectivity index (χ0) is 30.9. The van der Waals surface area contributed by atoms with E-state index in [2.05, 4.69) is 150 Å². The Kier molecular flexibility index (Phi) is 5.57. The van der Waals surface area contributed by atoms with Crippen LogP contribution in [0.4, 0.5) is 17.1 Å². The van der Waals surface area contributed by atoms with Gasteiger partial charge < -0.3 is 13.7 Å². The van der Waals surface area contributed by atoms with Crippen LogP contribution < -0.4 is 4.90 Å². The number of hydrogen-bond acceptors (Lipinski definition) is 3. The van der Waals surface area contributed by atoms with Crippen molar-refractivity contribution < 1.29 is 8.83 Å². The molecule has 2 aromatic heterocycles. The lowest BCUT2D eigenvalue weighted by molar-refractivity contribution is 0.668. The van der Waals surface area contributed by atoms with E-state index >= 15 is 0 Å². The minimum absolute atomic E-state index is 0.866. The van der Waals surface area contributed by atoms with E-state index in [0.29, 0.717) is 0 Å². The first kappa shape index (κ1) is 26.0. The van der Waals surface area contributed by atoms with Gasteiger partial charge in [0, 0.05) is 32.9 Å². The van der Waals surface area contributed by atoms with Crippen molar-refractivity contribution in [2.45, 2.75) is 0 Å². The normalized spacial score (nSPS) is 11.8. The van der Waals surface area contributed by atoms with Gasteiger partial charge in [-0.25, -0.2) is 0 Å². The summed E-state index contributed by atoms with van der Waals surface area (Å²) in [6.45, 7) is 0. The Morgan fingerprint density at radius 2 is 0.957 bits per heavy atom. The van der Waals surface area contributed by atoms with Gasteiger partial charge >= 0.3 is 0 Å². The summed E-state index contributed by atoms with van der Waals surface area (Å²) in [6.07, 6.45) is 0. The molecule has 0 aliphatic heterocycles. The van der Waals surface area contributed by atoms with E-state index in [1.807, 2.05) is 18.2 Å². The zero-order valence-corrected chi connectivity index (χ0v) is 25.4. The van der Waals surface area contributed by atoms with Crippen molar-refractivity contribution in [1.82, 2.24) is 0 Å². The lowest BCUT2D eigenvalue weighted by Crippen LogP contribution is -2.11. The maximum atomic E-state index is 6.62. The van der Waals surface area contributed by atoms with E-state index in [0.717, 1.165) is 71.7 Å². The monoisotopic (exact) mass is 601 g/mol. The molecule has 0 saturated heterocycles. The minimum atomic E-state index is 0.866. The van der Waals surface area contributed by atoms with Gasteiger partial charge in [-0.2, -0.15) is 0 Å². The van der Waals surface area contributed by atoms with Gasteiger partial charge in [0.05, 0.1) is 11.1 Å². The molecule has 3 heteroatoms. The second-order valence-corrected chi connectivity index (χ2v) is 12.1. The number of fused-ring (bicyclic) bond motifs is 9. The quantitative estimate of drug-likeness (QED) is 0.188. The fourth-order valence-corrected chi connectivity index (χ4v) is 7.26. The average Bonchev–Trinajstić information content (AvgIpc) is 3.70. The van der Waals surface area contributed by atoms with Crippen LogP contribution in [-0.4, -0.2) is 0 Å². The Bertz CT molecular complexity index is 2790. The molecule has 0 aliphatic rings. The van der Waals surface area contributed by atoms with Crippen LogP contribution in [0.3, 0.4) is 0 Å². The minimum Gasteiger partial charge on any atom is -0.456 e. The predicted octanol–water partition coefficient (Wildman–Crippen LogP) is 12.9. The number of hydrogen-bond donors (Lipinski definition) is 0. The van der Waals surface area contributed by atoms with Gasteiger partial charge in [0.2, 0.25) is 0 Å². The molecule has 0 saturated carbocycles. The van der Waals surface area contributed by atoms with Crippen LogP contribution in [0.15, 0.2) is 173 Å². The molecule has 0 spiro atoms. The SMILES string of the molecule is c1ccc(-c2ccc(N(c3ccc4oc5ccccc5c4c3)c3c4ccc5ccccc5c4cc4oc5ccccc5c34)cc2)cc1. The number of benzene rings is 8. The lowest BCUT2D eigenvalue weighted by Gasteiger charge is -2.28. The molecule has 3 nitrogen and oxygen atoms in total. The van der Waals surface area contributed by atoms with Gasteiger partial charge in [0.25, 0.3) is 0 Å². The maximum absolute atomic E-state index is 6.62. The van der Waals surface area contributed by atoms with Gasteiger partial charge in [0.15, 0.2) is 0 Å². The van der Waals surface area contributed by atoms with Crippen molar-refractivity contribution in [3.05, 3.63) is 164 Å². The molecule has 0 aliphatic carbocycles. The fraction of sp³-hybridized carbons (Fsp3) is 0. The molecule has 10 rings (SSSR count). The molecular weight excluding hydrogens is 574 g/mol. The van der Waals surface area contributed by atoms with Gasteiger partial charge in [-0.3, -0.25) is 0 Å². The maximum Gasteiger partial charge on any atom is 0.138 e. The van der Waals surface area contributed by atoms with Crippen molar-refractivity contribution >= 4 is 82.5 Å². The highest BCUT2D eigenvalue weighted by molar-refractivity contribution is 6.26. The Labute approximate surface area is 270 Å². The van der Waals surface area contributed by atoms with Crippen molar-refractivity contribution in [2.24, 2.45) is 0 Å². The second-order valence-electron chi connectivity index (χ2n) is 12.1. The number of anilines is 3. The molecule has 220 valence electrons. The number of rotatable bonds is 4. The molecule has 0 radical (unpaired) electrons. The first-order valence-corrected chi connectivity index (χ1v) is 15.9. The highest BCUT2D eigenvalue weighted by atomic mass is 16.3. The summed E-state index contributed by atoms with van der Waals surface area (Å²) in [5.74, 6) is 0. The molecule has 0 unspecified atom stereocenters. The summed E-state index contributed by atoms with van der Waals surface area (Å²) < 4.78 is 12.9. The van der Waals surface area contributed by atoms with Crippen LogP contribution in [-0.2, 0) is 0 Å². The van der Waals surface area contributed by atoms with Gasteiger partial charge in [0.1, 0.15) is 22.3 Å². The second kappa shape index (κ2) is 10.1. The summed E-state index contributed by atoms with van der Waals surface area (Å²) in [5.41, 5.74) is 9.06. The van der Waals surface area contributed by atoms with Crippen molar-refractivity contribution in [3.8, 4) is 11.1 Å². The van der Waals surface area contributed by atoms with Crippen molar-refractivity contribution in [1.29, 1.82) is 0 Å². The summed E-state index contributed by atoms with van der Waals surface area (Å²) in [5, 5.41) is 9.09. The highest BCUT2D eigenvalue weighted by Gasteiger charge is 2.24. The van der Waals surface area contributed by atoms with E-state index in [1.165, 1.54) is 21.9 Å². The Balaban J connectivity index is 1.33. The van der Waals surface area contributed by atoms with Crippen LogP contribution in [0.5, 0.6) is 0 Å². The molecular formula is C44H27NO2. The largest absolute Gasteiger partial charge is 0.456 e. The van der Waals surface area contributed by atoms with Crippen molar-refractivity contribution in [3.63, 3.8) is 0 Å². The third-order valence-corrected chi connectivity index (χ3v) is 9.44. The zero-order valence-electron chi connectivity index (χ0n) is 25.4. The number of para-hydroxylation sites is 2. The summed E-state index contributed by atoms with van der Waals surface area (Å²) in [6, 6.07) is 57.9.